The van der Waals surface area contributed by atoms with E-state index in [1.165, 1.54) is 16.2 Å². The highest BCUT2D eigenvalue weighted by molar-refractivity contribution is 7.17. The third kappa shape index (κ3) is 3.82. The number of pyridine rings is 1. The molecule has 4 rings (SSSR count). The SMILES string of the molecule is Cc1cccc(C(=O)Nc2sc3c(c2C(=O)NCc2cccnc2)CCC3)c1. The van der Waals surface area contributed by atoms with Crippen molar-refractivity contribution in [3.63, 3.8) is 0 Å². The number of aryl methyl sites for hydroxylation is 2. The van der Waals surface area contributed by atoms with Gasteiger partial charge < -0.3 is 10.6 Å². The fraction of sp³-hybridized carbons (Fsp3) is 0.227. The van der Waals surface area contributed by atoms with Crippen LogP contribution in [0.1, 0.15) is 48.7 Å². The molecule has 2 amide bonds. The molecule has 142 valence electrons. The van der Waals surface area contributed by atoms with Gasteiger partial charge in [0.2, 0.25) is 0 Å². The van der Waals surface area contributed by atoms with Crippen molar-refractivity contribution in [1.29, 1.82) is 0 Å². The van der Waals surface area contributed by atoms with Gasteiger partial charge in [-0.2, -0.15) is 0 Å². The second kappa shape index (κ2) is 7.94. The van der Waals surface area contributed by atoms with Gasteiger partial charge in [0, 0.05) is 29.4 Å². The Morgan fingerprint density at radius 3 is 2.82 bits per heavy atom. The van der Waals surface area contributed by atoms with Crippen LogP contribution in [-0.2, 0) is 19.4 Å². The van der Waals surface area contributed by atoms with E-state index in [-0.39, 0.29) is 11.8 Å². The van der Waals surface area contributed by atoms with Gasteiger partial charge in [-0.1, -0.05) is 23.8 Å². The highest BCUT2D eigenvalue weighted by Gasteiger charge is 2.27. The Morgan fingerprint density at radius 2 is 2.04 bits per heavy atom. The lowest BCUT2D eigenvalue weighted by Gasteiger charge is -2.10. The minimum absolute atomic E-state index is 0.150. The summed E-state index contributed by atoms with van der Waals surface area (Å²) in [5, 5.41) is 6.58. The molecule has 2 N–H and O–H groups in total. The molecule has 2 heterocycles. The fourth-order valence-electron chi connectivity index (χ4n) is 3.47. The maximum atomic E-state index is 13.0. The first-order valence-corrected chi connectivity index (χ1v) is 10.1. The van der Waals surface area contributed by atoms with Crippen LogP contribution in [0.2, 0.25) is 0 Å². The highest BCUT2D eigenvalue weighted by Crippen LogP contribution is 2.39. The largest absolute Gasteiger partial charge is 0.348 e. The molecule has 0 saturated heterocycles. The first-order valence-electron chi connectivity index (χ1n) is 9.31. The predicted molar refractivity (Wildman–Crippen MR) is 111 cm³/mol. The Kier molecular flexibility index (Phi) is 5.21. The van der Waals surface area contributed by atoms with E-state index < -0.39 is 0 Å². The fourth-order valence-corrected chi connectivity index (χ4v) is 4.75. The Bertz CT molecular complexity index is 1030. The number of carbonyl (C=O) groups excluding carboxylic acids is 2. The van der Waals surface area contributed by atoms with E-state index in [1.807, 2.05) is 37.3 Å². The smallest absolute Gasteiger partial charge is 0.256 e. The van der Waals surface area contributed by atoms with Crippen LogP contribution in [-0.4, -0.2) is 16.8 Å². The van der Waals surface area contributed by atoms with Crippen LogP contribution >= 0.6 is 11.3 Å². The zero-order valence-corrected chi connectivity index (χ0v) is 16.4. The van der Waals surface area contributed by atoms with Crippen molar-refractivity contribution in [2.45, 2.75) is 32.7 Å². The quantitative estimate of drug-likeness (QED) is 0.687. The summed E-state index contributed by atoms with van der Waals surface area (Å²) in [5.41, 5.74) is 4.25. The van der Waals surface area contributed by atoms with Crippen molar-refractivity contribution in [2.75, 3.05) is 5.32 Å². The van der Waals surface area contributed by atoms with E-state index in [2.05, 4.69) is 15.6 Å². The lowest BCUT2D eigenvalue weighted by Crippen LogP contribution is -2.25. The Balaban J connectivity index is 1.56. The molecule has 0 bridgehead atoms. The van der Waals surface area contributed by atoms with E-state index in [9.17, 15) is 9.59 Å². The van der Waals surface area contributed by atoms with Crippen LogP contribution in [0, 0.1) is 6.92 Å². The number of hydrogen-bond donors (Lipinski definition) is 2. The Labute approximate surface area is 167 Å². The first-order chi connectivity index (χ1) is 13.6. The molecule has 1 aliphatic carbocycles. The van der Waals surface area contributed by atoms with Crippen molar-refractivity contribution in [2.24, 2.45) is 0 Å². The summed E-state index contributed by atoms with van der Waals surface area (Å²) in [5.74, 6) is -0.340. The molecule has 0 atom stereocenters. The molecule has 0 aliphatic heterocycles. The number of carbonyl (C=O) groups is 2. The molecule has 1 aromatic carbocycles. The van der Waals surface area contributed by atoms with Gasteiger partial charge in [-0.15, -0.1) is 11.3 Å². The second-order valence-corrected chi connectivity index (χ2v) is 8.03. The average molecular weight is 391 g/mol. The van der Waals surface area contributed by atoms with Crippen molar-refractivity contribution >= 4 is 28.2 Å². The number of fused-ring (bicyclic) bond motifs is 1. The molecule has 3 aromatic rings. The summed E-state index contributed by atoms with van der Waals surface area (Å²) in [6.45, 7) is 2.36. The number of nitrogens with one attached hydrogen (secondary N) is 2. The summed E-state index contributed by atoms with van der Waals surface area (Å²) in [4.78, 5) is 30.9. The van der Waals surface area contributed by atoms with Crippen molar-refractivity contribution in [3.8, 4) is 0 Å². The van der Waals surface area contributed by atoms with Gasteiger partial charge in [0.25, 0.3) is 11.8 Å². The number of aromatic nitrogens is 1. The highest BCUT2D eigenvalue weighted by atomic mass is 32.1. The zero-order valence-electron chi connectivity index (χ0n) is 15.6. The molecular formula is C22H21N3O2S. The summed E-state index contributed by atoms with van der Waals surface area (Å²) < 4.78 is 0. The molecular weight excluding hydrogens is 370 g/mol. The molecule has 2 aromatic heterocycles. The minimum Gasteiger partial charge on any atom is -0.348 e. The molecule has 0 spiro atoms. The van der Waals surface area contributed by atoms with Crippen LogP contribution in [0.4, 0.5) is 5.00 Å². The number of anilines is 1. The normalized spacial score (nSPS) is 12.5. The van der Waals surface area contributed by atoms with E-state index in [0.717, 1.165) is 36.0 Å². The zero-order chi connectivity index (χ0) is 19.5. The van der Waals surface area contributed by atoms with E-state index in [4.69, 9.17) is 0 Å². The van der Waals surface area contributed by atoms with Gasteiger partial charge in [0.1, 0.15) is 5.00 Å². The maximum Gasteiger partial charge on any atom is 0.256 e. The van der Waals surface area contributed by atoms with Crippen LogP contribution in [0.15, 0.2) is 48.8 Å². The van der Waals surface area contributed by atoms with E-state index in [1.54, 1.807) is 18.5 Å². The van der Waals surface area contributed by atoms with Gasteiger partial charge in [0.15, 0.2) is 0 Å². The average Bonchev–Trinajstić information content (AvgIpc) is 3.27. The van der Waals surface area contributed by atoms with Crippen molar-refractivity contribution < 1.29 is 9.59 Å². The monoisotopic (exact) mass is 391 g/mol. The molecule has 0 fully saturated rings. The second-order valence-electron chi connectivity index (χ2n) is 6.93. The van der Waals surface area contributed by atoms with Gasteiger partial charge >= 0.3 is 0 Å². The number of thiophene rings is 1. The van der Waals surface area contributed by atoms with Gasteiger partial charge in [0.05, 0.1) is 5.56 Å². The van der Waals surface area contributed by atoms with Gasteiger partial charge in [-0.25, -0.2) is 0 Å². The van der Waals surface area contributed by atoms with Crippen molar-refractivity contribution in [1.82, 2.24) is 10.3 Å². The van der Waals surface area contributed by atoms with Crippen LogP contribution in [0.5, 0.6) is 0 Å². The molecule has 1 aliphatic rings. The third-order valence-electron chi connectivity index (χ3n) is 4.83. The molecule has 6 heteroatoms. The van der Waals surface area contributed by atoms with Crippen LogP contribution < -0.4 is 10.6 Å². The lowest BCUT2D eigenvalue weighted by molar-refractivity contribution is 0.0951. The Morgan fingerprint density at radius 1 is 1.14 bits per heavy atom. The Hall–Kier alpha value is -2.99. The van der Waals surface area contributed by atoms with E-state index in [0.29, 0.717) is 22.7 Å². The summed E-state index contributed by atoms with van der Waals surface area (Å²) in [6.07, 6.45) is 6.33. The van der Waals surface area contributed by atoms with Gasteiger partial charge in [-0.3, -0.25) is 14.6 Å². The molecule has 0 saturated carbocycles. The number of nitrogens with zero attached hydrogens (tertiary/aromatic N) is 1. The van der Waals surface area contributed by atoms with Crippen molar-refractivity contribution in [3.05, 3.63) is 81.5 Å². The summed E-state index contributed by atoms with van der Waals surface area (Å²) in [7, 11) is 0. The number of rotatable bonds is 5. The van der Waals surface area contributed by atoms with Crippen LogP contribution in [0.3, 0.4) is 0 Å². The number of amides is 2. The minimum atomic E-state index is -0.190. The van der Waals surface area contributed by atoms with E-state index >= 15 is 0 Å². The number of hydrogen-bond acceptors (Lipinski definition) is 4. The summed E-state index contributed by atoms with van der Waals surface area (Å²) >= 11 is 1.52. The lowest BCUT2D eigenvalue weighted by atomic mass is 10.1. The predicted octanol–water partition coefficient (Wildman–Crippen LogP) is 4.12. The third-order valence-corrected chi connectivity index (χ3v) is 6.04. The summed E-state index contributed by atoms with van der Waals surface area (Å²) in [6, 6.07) is 11.2. The molecule has 5 nitrogen and oxygen atoms in total. The van der Waals surface area contributed by atoms with Crippen LogP contribution in [0.25, 0.3) is 0 Å². The maximum absolute atomic E-state index is 13.0. The number of benzene rings is 1. The molecule has 0 unspecified atom stereocenters. The van der Waals surface area contributed by atoms with Gasteiger partial charge in [-0.05, 0) is 55.5 Å². The molecule has 28 heavy (non-hydrogen) atoms. The molecule has 0 radical (unpaired) electrons. The standard InChI is InChI=1S/C22H21N3O2S/c1-14-5-2-7-16(11-14)20(26)25-22-19(17-8-3-9-18(17)28-22)21(27)24-13-15-6-4-10-23-12-15/h2,4-7,10-12H,3,8-9,13H2,1H3,(H,24,27)(H,25,26). The first kappa shape index (κ1) is 18.4. The topological polar surface area (TPSA) is 71.1 Å².